The highest BCUT2D eigenvalue weighted by Crippen LogP contribution is 2.15. The van der Waals surface area contributed by atoms with Crippen molar-refractivity contribution in [3.63, 3.8) is 0 Å². The molecule has 7 heteroatoms. The first-order valence-corrected chi connectivity index (χ1v) is 6.25. The van der Waals surface area contributed by atoms with Crippen molar-refractivity contribution in [3.8, 4) is 0 Å². The molecule has 2 amide bonds. The smallest absolute Gasteiger partial charge is 0.320 e. The fourth-order valence-corrected chi connectivity index (χ4v) is 1.92. The number of esters is 1. The second-order valence-electron chi connectivity index (χ2n) is 4.36. The van der Waals surface area contributed by atoms with Gasteiger partial charge in [-0.2, -0.15) is 0 Å². The summed E-state index contributed by atoms with van der Waals surface area (Å²) >= 11 is 0. The van der Waals surface area contributed by atoms with Crippen LogP contribution in [0.5, 0.6) is 0 Å². The van der Waals surface area contributed by atoms with E-state index in [1.807, 2.05) is 0 Å². The zero-order chi connectivity index (χ0) is 15.3. The number of ketones is 1. The molecule has 0 bridgehead atoms. The molecule has 0 fully saturated rings. The average Bonchev–Trinajstić information content (AvgIpc) is 2.52. The first kappa shape index (κ1) is 14.7. The maximum absolute atomic E-state index is 12.7. The van der Waals surface area contributed by atoms with Crippen LogP contribution in [0.4, 0.5) is 4.79 Å². The average molecular weight is 289 g/mol. The largest absolute Gasteiger partial charge is 0.468 e. The Hall–Kier alpha value is -2.67. The van der Waals surface area contributed by atoms with Crippen LogP contribution in [0.15, 0.2) is 42.6 Å². The van der Waals surface area contributed by atoms with E-state index >= 15 is 0 Å². The van der Waals surface area contributed by atoms with Crippen LogP contribution in [0, 0.1) is 0 Å². The molecule has 0 radical (unpaired) electrons. The minimum absolute atomic E-state index is 0.223. The van der Waals surface area contributed by atoms with E-state index < -0.39 is 17.7 Å². The van der Waals surface area contributed by atoms with Gasteiger partial charge in [-0.3, -0.25) is 14.9 Å². The van der Waals surface area contributed by atoms with Gasteiger partial charge < -0.3 is 15.4 Å². The third-order valence-electron chi connectivity index (χ3n) is 2.99. The Morgan fingerprint density at radius 1 is 1.29 bits per heavy atom. The molecule has 0 saturated heterocycles. The van der Waals surface area contributed by atoms with Crippen LogP contribution in [0.1, 0.15) is 10.4 Å². The van der Waals surface area contributed by atoms with Gasteiger partial charge in [0, 0.05) is 11.8 Å². The lowest BCUT2D eigenvalue weighted by Crippen LogP contribution is -2.67. The van der Waals surface area contributed by atoms with Crippen molar-refractivity contribution < 1.29 is 19.1 Å². The van der Waals surface area contributed by atoms with Crippen molar-refractivity contribution in [2.24, 2.45) is 0 Å². The number of hydrogen-bond acceptors (Lipinski definition) is 5. The molecular weight excluding hydrogens is 274 g/mol. The van der Waals surface area contributed by atoms with Gasteiger partial charge in [0.2, 0.25) is 5.78 Å². The standard InChI is InChI=1S/C14H15N3O4/c1-21-11(18)9-16-14(7-8-15-13(20)17-14)12(19)10-5-3-2-4-6-10/h2-8,16H,9H2,1H3,(H2,15,17,20). The van der Waals surface area contributed by atoms with Gasteiger partial charge in [0.05, 0.1) is 13.7 Å². The summed E-state index contributed by atoms with van der Waals surface area (Å²) in [6.45, 7) is -0.223. The molecule has 0 spiro atoms. The van der Waals surface area contributed by atoms with E-state index in [1.54, 1.807) is 30.3 Å². The molecule has 1 aliphatic heterocycles. The molecule has 2 rings (SSSR count). The van der Waals surface area contributed by atoms with Gasteiger partial charge in [-0.1, -0.05) is 30.3 Å². The summed E-state index contributed by atoms with van der Waals surface area (Å²) in [7, 11) is 1.24. The Balaban J connectivity index is 2.30. The van der Waals surface area contributed by atoms with Crippen molar-refractivity contribution >= 4 is 17.8 Å². The second kappa shape index (κ2) is 6.19. The minimum Gasteiger partial charge on any atom is -0.468 e. The number of amides is 2. The van der Waals surface area contributed by atoms with Gasteiger partial charge in [-0.15, -0.1) is 0 Å². The van der Waals surface area contributed by atoms with Gasteiger partial charge in [-0.25, -0.2) is 4.79 Å². The highest BCUT2D eigenvalue weighted by atomic mass is 16.5. The van der Waals surface area contributed by atoms with Crippen molar-refractivity contribution in [3.05, 3.63) is 48.2 Å². The van der Waals surface area contributed by atoms with E-state index in [-0.39, 0.29) is 12.3 Å². The Labute approximate surface area is 121 Å². The molecule has 3 N–H and O–H groups in total. The number of Topliss-reactive ketones (excluding diaryl/α,β-unsaturated/α-hetero) is 1. The quantitative estimate of drug-likeness (QED) is 0.530. The normalized spacial score (nSPS) is 20.3. The van der Waals surface area contributed by atoms with E-state index in [2.05, 4.69) is 20.7 Å². The first-order valence-electron chi connectivity index (χ1n) is 6.25. The molecule has 1 aliphatic rings. The lowest BCUT2D eigenvalue weighted by atomic mass is 9.96. The summed E-state index contributed by atoms with van der Waals surface area (Å²) < 4.78 is 4.53. The molecule has 1 aromatic rings. The topological polar surface area (TPSA) is 96.5 Å². The summed E-state index contributed by atoms with van der Waals surface area (Å²) in [6.07, 6.45) is 2.80. The van der Waals surface area contributed by atoms with Crippen molar-refractivity contribution in [2.45, 2.75) is 5.66 Å². The van der Waals surface area contributed by atoms with Gasteiger partial charge in [0.15, 0.2) is 5.66 Å². The maximum Gasteiger partial charge on any atom is 0.320 e. The fourth-order valence-electron chi connectivity index (χ4n) is 1.92. The number of carbonyl (C=O) groups is 3. The van der Waals surface area contributed by atoms with Crippen molar-refractivity contribution in [1.29, 1.82) is 0 Å². The third-order valence-corrected chi connectivity index (χ3v) is 2.99. The number of methoxy groups -OCH3 is 1. The van der Waals surface area contributed by atoms with Crippen LogP contribution in [0.2, 0.25) is 0 Å². The van der Waals surface area contributed by atoms with Gasteiger partial charge >= 0.3 is 12.0 Å². The molecule has 0 saturated carbocycles. The Morgan fingerprint density at radius 3 is 2.62 bits per heavy atom. The van der Waals surface area contributed by atoms with Crippen LogP contribution in [-0.2, 0) is 9.53 Å². The number of nitrogens with one attached hydrogen (secondary N) is 3. The zero-order valence-electron chi connectivity index (χ0n) is 11.4. The molecule has 7 nitrogen and oxygen atoms in total. The summed E-state index contributed by atoms with van der Waals surface area (Å²) in [5.74, 6) is -0.922. The lowest BCUT2D eigenvalue weighted by molar-refractivity contribution is -0.139. The van der Waals surface area contributed by atoms with Crippen molar-refractivity contribution in [1.82, 2.24) is 16.0 Å². The predicted octanol–water partition coefficient (Wildman–Crippen LogP) is 0.155. The molecule has 1 heterocycles. The first-order chi connectivity index (χ1) is 10.1. The monoisotopic (exact) mass is 289 g/mol. The van der Waals surface area contributed by atoms with Crippen LogP contribution in [0.3, 0.4) is 0 Å². The summed E-state index contributed by atoms with van der Waals surface area (Å²) in [5, 5.41) is 7.64. The molecular formula is C14H15N3O4. The lowest BCUT2D eigenvalue weighted by Gasteiger charge is -2.33. The number of benzene rings is 1. The van der Waals surface area contributed by atoms with E-state index in [0.29, 0.717) is 5.56 Å². The van der Waals surface area contributed by atoms with Gasteiger partial charge in [0.25, 0.3) is 0 Å². The van der Waals surface area contributed by atoms with E-state index in [1.165, 1.54) is 19.4 Å². The molecule has 0 aromatic heterocycles. The summed E-state index contributed by atoms with van der Waals surface area (Å²) in [4.78, 5) is 35.5. The molecule has 21 heavy (non-hydrogen) atoms. The van der Waals surface area contributed by atoms with Crippen molar-refractivity contribution in [2.75, 3.05) is 13.7 Å². The molecule has 1 atom stereocenters. The Kier molecular flexibility index (Phi) is 4.34. The summed E-state index contributed by atoms with van der Waals surface area (Å²) in [6, 6.07) is 7.93. The highest BCUT2D eigenvalue weighted by molar-refractivity contribution is 6.07. The SMILES string of the molecule is COC(=O)CNC1(C(=O)c2ccccc2)C=CNC(=O)N1. The zero-order valence-corrected chi connectivity index (χ0v) is 11.4. The fraction of sp³-hybridized carbons (Fsp3) is 0.214. The molecule has 110 valence electrons. The van der Waals surface area contributed by atoms with Crippen LogP contribution in [0.25, 0.3) is 0 Å². The van der Waals surface area contributed by atoms with Crippen LogP contribution in [-0.4, -0.2) is 37.1 Å². The maximum atomic E-state index is 12.7. The van der Waals surface area contributed by atoms with E-state index in [0.717, 1.165) is 0 Å². The molecule has 1 aromatic carbocycles. The van der Waals surface area contributed by atoms with Crippen LogP contribution < -0.4 is 16.0 Å². The van der Waals surface area contributed by atoms with E-state index in [4.69, 9.17) is 0 Å². The van der Waals surface area contributed by atoms with Gasteiger partial charge in [-0.05, 0) is 6.08 Å². The minimum atomic E-state index is -1.49. The summed E-state index contributed by atoms with van der Waals surface area (Å²) in [5.41, 5.74) is -1.08. The molecule has 0 aliphatic carbocycles. The Bertz CT molecular complexity index is 585. The number of urea groups is 1. The Morgan fingerprint density at radius 2 is 2.00 bits per heavy atom. The molecule has 1 unspecified atom stereocenters. The number of carbonyl (C=O) groups excluding carboxylic acids is 3. The highest BCUT2D eigenvalue weighted by Gasteiger charge is 2.40. The van der Waals surface area contributed by atoms with Gasteiger partial charge in [0.1, 0.15) is 0 Å². The number of rotatable bonds is 5. The number of ether oxygens (including phenoxy) is 1. The third kappa shape index (κ3) is 3.26. The second-order valence-corrected chi connectivity index (χ2v) is 4.36. The predicted molar refractivity (Wildman–Crippen MR) is 74.3 cm³/mol. The van der Waals surface area contributed by atoms with E-state index in [9.17, 15) is 14.4 Å². The van der Waals surface area contributed by atoms with Crippen LogP contribution >= 0.6 is 0 Å². The number of hydrogen-bond donors (Lipinski definition) is 3.